The molecule has 0 atom stereocenters. The number of aromatic nitrogens is 4. The number of nitrogens with two attached hydrogens (primary N) is 1. The summed E-state index contributed by atoms with van der Waals surface area (Å²) in [5.41, 5.74) is 6.48. The van der Waals surface area contributed by atoms with Crippen LogP contribution in [-0.4, -0.2) is 26.1 Å². The number of hydrogen-bond acceptors (Lipinski definition) is 5. The van der Waals surface area contributed by atoms with Crippen LogP contribution >= 0.6 is 0 Å². The Morgan fingerprint density at radius 3 is 3.06 bits per heavy atom. The Morgan fingerprint density at radius 2 is 2.41 bits per heavy atom. The molecule has 1 amide bonds. The Bertz CT molecular complexity index is 535. The summed E-state index contributed by atoms with van der Waals surface area (Å²) < 4.78 is 0. The molecule has 0 bridgehead atoms. The van der Waals surface area contributed by atoms with Crippen molar-refractivity contribution in [1.82, 2.24) is 25.5 Å². The molecule has 2 heterocycles. The highest BCUT2D eigenvalue weighted by Gasteiger charge is 2.08. The predicted octanol–water partition coefficient (Wildman–Crippen LogP) is 0.0203. The number of nitrogens with one attached hydrogen (secondary N) is 2. The Kier molecular flexibility index (Phi) is 2.99. The van der Waals surface area contributed by atoms with E-state index in [1.165, 1.54) is 6.07 Å². The number of nitrogens with zero attached hydrogens (tertiary/aromatic N) is 3. The van der Waals surface area contributed by atoms with Crippen molar-refractivity contribution in [2.24, 2.45) is 0 Å². The molecule has 2 rings (SSSR count). The fourth-order valence-corrected chi connectivity index (χ4v) is 1.32. The van der Waals surface area contributed by atoms with Crippen LogP contribution in [0.1, 0.15) is 22.0 Å². The zero-order chi connectivity index (χ0) is 12.3. The van der Waals surface area contributed by atoms with Gasteiger partial charge in [0.25, 0.3) is 5.91 Å². The van der Waals surface area contributed by atoms with Crippen LogP contribution in [0.25, 0.3) is 0 Å². The third-order valence-electron chi connectivity index (χ3n) is 2.11. The van der Waals surface area contributed by atoms with Gasteiger partial charge >= 0.3 is 0 Å². The van der Waals surface area contributed by atoms with E-state index in [9.17, 15) is 4.79 Å². The Balaban J connectivity index is 1.97. The Morgan fingerprint density at radius 1 is 1.59 bits per heavy atom. The smallest absolute Gasteiger partial charge is 0.269 e. The SMILES string of the molecule is Cc1nccc(CNC(=O)c2cc(N)n[nH]2)n1. The van der Waals surface area contributed by atoms with Gasteiger partial charge in [0, 0.05) is 12.3 Å². The number of amides is 1. The van der Waals surface area contributed by atoms with Crippen molar-refractivity contribution < 1.29 is 4.79 Å². The van der Waals surface area contributed by atoms with E-state index in [0.29, 0.717) is 18.1 Å². The minimum absolute atomic E-state index is 0.273. The lowest BCUT2D eigenvalue weighted by Crippen LogP contribution is -2.23. The van der Waals surface area contributed by atoms with Crippen LogP contribution < -0.4 is 11.1 Å². The zero-order valence-corrected chi connectivity index (χ0v) is 9.27. The number of nitrogen functional groups attached to an aromatic ring is 1. The number of rotatable bonds is 3. The molecule has 4 N–H and O–H groups in total. The summed E-state index contributed by atoms with van der Waals surface area (Å²) in [5, 5.41) is 8.91. The van der Waals surface area contributed by atoms with E-state index >= 15 is 0 Å². The summed E-state index contributed by atoms with van der Waals surface area (Å²) in [7, 11) is 0. The van der Waals surface area contributed by atoms with Crippen molar-refractivity contribution in [2.45, 2.75) is 13.5 Å². The van der Waals surface area contributed by atoms with E-state index in [1.54, 1.807) is 19.2 Å². The van der Waals surface area contributed by atoms with Crippen LogP contribution in [0.2, 0.25) is 0 Å². The summed E-state index contributed by atoms with van der Waals surface area (Å²) in [6, 6.07) is 3.22. The quantitative estimate of drug-likeness (QED) is 0.691. The second kappa shape index (κ2) is 4.60. The summed E-state index contributed by atoms with van der Waals surface area (Å²) >= 11 is 0. The molecule has 88 valence electrons. The van der Waals surface area contributed by atoms with Gasteiger partial charge in [0.1, 0.15) is 17.3 Å². The van der Waals surface area contributed by atoms with Gasteiger partial charge in [-0.25, -0.2) is 9.97 Å². The molecule has 0 aromatic carbocycles. The van der Waals surface area contributed by atoms with Crippen LogP contribution in [0.4, 0.5) is 5.82 Å². The molecule has 7 nitrogen and oxygen atoms in total. The van der Waals surface area contributed by atoms with Crippen molar-refractivity contribution in [3.05, 3.63) is 35.5 Å². The van der Waals surface area contributed by atoms with Gasteiger partial charge in [0.15, 0.2) is 0 Å². The maximum Gasteiger partial charge on any atom is 0.269 e. The first kappa shape index (κ1) is 11.1. The normalized spacial score (nSPS) is 10.2. The maximum absolute atomic E-state index is 11.6. The van der Waals surface area contributed by atoms with E-state index in [2.05, 4.69) is 25.5 Å². The third kappa shape index (κ3) is 2.77. The number of hydrogen-bond donors (Lipinski definition) is 3. The van der Waals surface area contributed by atoms with Crippen LogP contribution in [0.15, 0.2) is 18.3 Å². The lowest BCUT2D eigenvalue weighted by Gasteiger charge is -2.03. The molecule has 0 saturated carbocycles. The third-order valence-corrected chi connectivity index (χ3v) is 2.11. The van der Waals surface area contributed by atoms with Crippen LogP contribution in [0.5, 0.6) is 0 Å². The molecule has 2 aromatic heterocycles. The van der Waals surface area contributed by atoms with Gasteiger partial charge in [0.2, 0.25) is 0 Å². The van der Waals surface area contributed by atoms with E-state index in [4.69, 9.17) is 5.73 Å². The molecule has 0 fully saturated rings. The van der Waals surface area contributed by atoms with E-state index in [0.717, 1.165) is 5.69 Å². The Hall–Kier alpha value is -2.44. The minimum Gasteiger partial charge on any atom is -0.382 e. The van der Waals surface area contributed by atoms with Gasteiger partial charge < -0.3 is 11.1 Å². The second-order valence-electron chi connectivity index (χ2n) is 3.48. The lowest BCUT2D eigenvalue weighted by molar-refractivity contribution is 0.0945. The van der Waals surface area contributed by atoms with Crippen molar-refractivity contribution in [1.29, 1.82) is 0 Å². The van der Waals surface area contributed by atoms with Gasteiger partial charge in [-0.3, -0.25) is 9.89 Å². The van der Waals surface area contributed by atoms with Crippen molar-refractivity contribution in [3.63, 3.8) is 0 Å². The number of H-pyrrole nitrogens is 1. The number of carbonyl (C=O) groups excluding carboxylic acids is 1. The van der Waals surface area contributed by atoms with Crippen molar-refractivity contribution >= 4 is 11.7 Å². The van der Waals surface area contributed by atoms with E-state index in [1.807, 2.05) is 0 Å². The first-order valence-corrected chi connectivity index (χ1v) is 5.03. The highest BCUT2D eigenvalue weighted by molar-refractivity contribution is 5.92. The monoisotopic (exact) mass is 232 g/mol. The molecule has 0 spiro atoms. The zero-order valence-electron chi connectivity index (χ0n) is 9.27. The summed E-state index contributed by atoms with van der Waals surface area (Å²) in [5.74, 6) is 0.682. The average molecular weight is 232 g/mol. The molecule has 7 heteroatoms. The maximum atomic E-state index is 11.6. The highest BCUT2D eigenvalue weighted by atomic mass is 16.1. The average Bonchev–Trinajstić information content (AvgIpc) is 2.73. The van der Waals surface area contributed by atoms with Gasteiger partial charge in [-0.15, -0.1) is 0 Å². The standard InChI is InChI=1S/C10H12N6O/c1-6-12-3-2-7(14-6)5-13-10(17)8-4-9(11)16-15-8/h2-4H,5H2,1H3,(H,13,17)(H3,11,15,16). The van der Waals surface area contributed by atoms with Gasteiger partial charge in [-0.2, -0.15) is 5.10 Å². The van der Waals surface area contributed by atoms with Crippen LogP contribution in [0.3, 0.4) is 0 Å². The molecule has 0 aliphatic rings. The molecule has 2 aromatic rings. The second-order valence-corrected chi connectivity index (χ2v) is 3.48. The molecule has 17 heavy (non-hydrogen) atoms. The fraction of sp³-hybridized carbons (Fsp3) is 0.200. The summed E-state index contributed by atoms with van der Waals surface area (Å²) in [6.45, 7) is 2.13. The molecule has 0 saturated heterocycles. The van der Waals surface area contributed by atoms with E-state index < -0.39 is 0 Å². The number of aromatic amines is 1. The van der Waals surface area contributed by atoms with Gasteiger partial charge in [-0.1, -0.05) is 0 Å². The summed E-state index contributed by atoms with van der Waals surface area (Å²) in [6.07, 6.45) is 1.65. The molecular weight excluding hydrogens is 220 g/mol. The number of carbonyl (C=O) groups is 1. The topological polar surface area (TPSA) is 110 Å². The summed E-state index contributed by atoms with van der Waals surface area (Å²) in [4.78, 5) is 19.8. The highest BCUT2D eigenvalue weighted by Crippen LogP contribution is 2.00. The predicted molar refractivity (Wildman–Crippen MR) is 60.9 cm³/mol. The molecule has 0 aliphatic heterocycles. The molecule has 0 radical (unpaired) electrons. The molecule has 0 unspecified atom stereocenters. The fourth-order valence-electron chi connectivity index (χ4n) is 1.32. The number of anilines is 1. The minimum atomic E-state index is -0.273. The Labute approximate surface area is 97.5 Å². The first-order chi connectivity index (χ1) is 8.15. The van der Waals surface area contributed by atoms with Crippen LogP contribution in [0, 0.1) is 6.92 Å². The molecular formula is C10H12N6O. The molecule has 0 aliphatic carbocycles. The van der Waals surface area contributed by atoms with Gasteiger partial charge in [-0.05, 0) is 13.0 Å². The van der Waals surface area contributed by atoms with Crippen molar-refractivity contribution in [3.8, 4) is 0 Å². The lowest BCUT2D eigenvalue weighted by atomic mass is 10.3. The number of aryl methyl sites for hydroxylation is 1. The van der Waals surface area contributed by atoms with Crippen molar-refractivity contribution in [2.75, 3.05) is 5.73 Å². The van der Waals surface area contributed by atoms with Gasteiger partial charge in [0.05, 0.1) is 12.2 Å². The van der Waals surface area contributed by atoms with E-state index in [-0.39, 0.29) is 11.7 Å². The first-order valence-electron chi connectivity index (χ1n) is 5.03. The van der Waals surface area contributed by atoms with Crippen LogP contribution in [-0.2, 0) is 6.54 Å². The largest absolute Gasteiger partial charge is 0.382 e.